The Morgan fingerprint density at radius 3 is 2.55 bits per heavy atom. The van der Waals surface area contributed by atoms with Gasteiger partial charge in [-0.05, 0) is 37.1 Å². The van der Waals surface area contributed by atoms with Crippen molar-refractivity contribution in [2.75, 3.05) is 12.8 Å². The molecule has 2 aromatic rings. The van der Waals surface area contributed by atoms with Gasteiger partial charge in [-0.1, -0.05) is 56.4 Å². The molecule has 1 amide bonds. The van der Waals surface area contributed by atoms with Gasteiger partial charge in [0, 0.05) is 30.4 Å². The molecule has 2 aromatic heterocycles. The molecule has 0 saturated heterocycles. The first-order valence-electron chi connectivity index (χ1n) is 11.1. The molecule has 158 valence electrons. The predicted octanol–water partition coefficient (Wildman–Crippen LogP) is 5.32. The number of thioether (sulfide) groups is 1. The zero-order chi connectivity index (χ0) is 20.1. The number of carbonyl (C=O) groups is 1. The van der Waals surface area contributed by atoms with E-state index in [4.69, 9.17) is 0 Å². The third-order valence-corrected chi connectivity index (χ3v) is 8.23. The summed E-state index contributed by atoms with van der Waals surface area (Å²) in [5, 5.41) is 12.1. The maximum Gasteiger partial charge on any atom is 0.233 e. The highest BCUT2D eigenvalue weighted by molar-refractivity contribution is 7.99. The van der Waals surface area contributed by atoms with Crippen LogP contribution in [0.1, 0.15) is 81.0 Å². The molecule has 0 unspecified atom stereocenters. The van der Waals surface area contributed by atoms with Crippen LogP contribution in [0.3, 0.4) is 0 Å². The van der Waals surface area contributed by atoms with Crippen LogP contribution in [0.15, 0.2) is 22.7 Å². The van der Waals surface area contributed by atoms with Crippen molar-refractivity contribution in [3.8, 4) is 0 Å². The highest BCUT2D eigenvalue weighted by atomic mass is 32.2. The molecule has 0 aromatic carbocycles. The maximum atomic E-state index is 12.8. The lowest BCUT2D eigenvalue weighted by atomic mass is 9.94. The first kappa shape index (κ1) is 20.9. The summed E-state index contributed by atoms with van der Waals surface area (Å²) in [6.07, 6.45) is 13.2. The molecule has 0 aliphatic heterocycles. The molecule has 0 bridgehead atoms. The zero-order valence-electron chi connectivity index (χ0n) is 17.4. The minimum Gasteiger partial charge on any atom is -0.342 e. The summed E-state index contributed by atoms with van der Waals surface area (Å²) < 4.78 is 2.36. The summed E-state index contributed by atoms with van der Waals surface area (Å²) in [6.45, 7) is 0. The van der Waals surface area contributed by atoms with E-state index in [1.54, 1.807) is 23.1 Å². The van der Waals surface area contributed by atoms with Gasteiger partial charge >= 0.3 is 0 Å². The molecule has 2 saturated carbocycles. The van der Waals surface area contributed by atoms with E-state index in [9.17, 15) is 4.79 Å². The Hall–Kier alpha value is -1.34. The second kappa shape index (κ2) is 10.1. The Balaban J connectivity index is 1.45. The number of hydrogen-bond acceptors (Lipinski definition) is 5. The lowest BCUT2D eigenvalue weighted by molar-refractivity contribution is -0.129. The van der Waals surface area contributed by atoms with Crippen LogP contribution in [0, 0.1) is 0 Å². The molecule has 2 fully saturated rings. The number of amides is 1. The lowest BCUT2D eigenvalue weighted by Crippen LogP contribution is -2.39. The first-order valence-corrected chi connectivity index (χ1v) is 12.9. The summed E-state index contributed by atoms with van der Waals surface area (Å²) in [6, 6.07) is 5.15. The summed E-state index contributed by atoms with van der Waals surface area (Å²) in [5.74, 6) is 1.73. The Labute approximate surface area is 182 Å². The van der Waals surface area contributed by atoms with Crippen molar-refractivity contribution < 1.29 is 4.79 Å². The Morgan fingerprint density at radius 2 is 1.86 bits per heavy atom. The van der Waals surface area contributed by atoms with Gasteiger partial charge in [0.25, 0.3) is 0 Å². The van der Waals surface area contributed by atoms with Crippen LogP contribution in [-0.4, -0.2) is 44.4 Å². The molecule has 5 nitrogen and oxygen atoms in total. The molecule has 29 heavy (non-hydrogen) atoms. The molecule has 0 radical (unpaired) electrons. The third kappa shape index (κ3) is 5.23. The number of hydrogen-bond donors (Lipinski definition) is 0. The van der Waals surface area contributed by atoms with E-state index < -0.39 is 0 Å². The average molecular weight is 433 g/mol. The van der Waals surface area contributed by atoms with Crippen LogP contribution in [0.2, 0.25) is 0 Å². The van der Waals surface area contributed by atoms with Crippen LogP contribution in [0.4, 0.5) is 0 Å². The van der Waals surface area contributed by atoms with Crippen molar-refractivity contribution in [2.24, 2.45) is 0 Å². The van der Waals surface area contributed by atoms with Gasteiger partial charge in [0.2, 0.25) is 5.91 Å². The summed E-state index contributed by atoms with van der Waals surface area (Å²) >= 11 is 3.35. The van der Waals surface area contributed by atoms with Crippen molar-refractivity contribution >= 4 is 29.0 Å². The number of rotatable bonds is 7. The largest absolute Gasteiger partial charge is 0.342 e. The summed E-state index contributed by atoms with van der Waals surface area (Å²) in [4.78, 5) is 16.1. The fourth-order valence-electron chi connectivity index (χ4n) is 4.70. The van der Waals surface area contributed by atoms with E-state index in [0.29, 0.717) is 17.8 Å². The van der Waals surface area contributed by atoms with Crippen LogP contribution >= 0.6 is 23.1 Å². The Morgan fingerprint density at radius 1 is 1.14 bits per heavy atom. The third-order valence-electron chi connectivity index (χ3n) is 6.43. The van der Waals surface area contributed by atoms with Crippen LogP contribution in [0.25, 0.3) is 0 Å². The molecule has 0 N–H and O–H groups in total. The topological polar surface area (TPSA) is 51.0 Å². The van der Waals surface area contributed by atoms with Crippen LogP contribution in [0.5, 0.6) is 0 Å². The molecule has 2 aliphatic rings. The van der Waals surface area contributed by atoms with Gasteiger partial charge in [-0.25, -0.2) is 0 Å². The van der Waals surface area contributed by atoms with E-state index in [2.05, 4.69) is 32.3 Å². The lowest BCUT2D eigenvalue weighted by Gasteiger charge is -2.31. The predicted molar refractivity (Wildman–Crippen MR) is 120 cm³/mol. The van der Waals surface area contributed by atoms with E-state index in [-0.39, 0.29) is 5.91 Å². The molecule has 2 aliphatic carbocycles. The van der Waals surface area contributed by atoms with Crippen LogP contribution < -0.4 is 0 Å². The van der Waals surface area contributed by atoms with Gasteiger partial charge in [-0.15, -0.1) is 21.5 Å². The molecular weight excluding hydrogens is 400 g/mol. The fraction of sp³-hybridized carbons (Fsp3) is 0.682. The van der Waals surface area contributed by atoms with Crippen LogP contribution in [-0.2, 0) is 11.2 Å². The number of aromatic nitrogens is 3. The van der Waals surface area contributed by atoms with E-state index >= 15 is 0 Å². The molecule has 4 rings (SSSR count). The van der Waals surface area contributed by atoms with E-state index in [0.717, 1.165) is 30.2 Å². The Bertz CT molecular complexity index is 777. The monoisotopic (exact) mass is 432 g/mol. The maximum absolute atomic E-state index is 12.8. The van der Waals surface area contributed by atoms with Gasteiger partial charge < -0.3 is 9.47 Å². The summed E-state index contributed by atoms with van der Waals surface area (Å²) in [7, 11) is 1.98. The van der Waals surface area contributed by atoms with Gasteiger partial charge in [0.15, 0.2) is 5.16 Å². The molecular formula is C22H32N4OS2. The molecule has 0 spiro atoms. The van der Waals surface area contributed by atoms with E-state index in [1.807, 2.05) is 11.9 Å². The van der Waals surface area contributed by atoms with Crippen molar-refractivity contribution in [1.82, 2.24) is 19.7 Å². The quantitative estimate of drug-likeness (QED) is 0.556. The highest BCUT2D eigenvalue weighted by Gasteiger charge is 2.26. The smallest absolute Gasteiger partial charge is 0.233 e. The standard InChI is InChI=1S/C22H32N4OS2/c1-25(17-9-4-2-5-10-17)21(27)16-29-22-24-23-20(15-19-13-8-14-28-19)26(22)18-11-6-3-7-12-18/h8,13-14,17-18H,2-7,9-12,15-16H2,1H3. The number of carbonyl (C=O) groups excluding carboxylic acids is 1. The van der Waals surface area contributed by atoms with Crippen molar-refractivity contribution in [3.63, 3.8) is 0 Å². The second-order valence-electron chi connectivity index (χ2n) is 8.40. The SMILES string of the molecule is CN(C(=O)CSc1nnc(Cc2cccs2)n1C1CCCCC1)C1CCCCC1. The highest BCUT2D eigenvalue weighted by Crippen LogP contribution is 2.33. The fourth-order valence-corrected chi connectivity index (χ4v) is 6.35. The zero-order valence-corrected chi connectivity index (χ0v) is 19.0. The average Bonchev–Trinajstić information content (AvgIpc) is 3.43. The van der Waals surface area contributed by atoms with Crippen molar-refractivity contribution in [1.29, 1.82) is 0 Å². The molecule has 2 heterocycles. The van der Waals surface area contributed by atoms with Gasteiger partial charge in [0.05, 0.1) is 5.75 Å². The second-order valence-corrected chi connectivity index (χ2v) is 10.4. The van der Waals surface area contributed by atoms with Crippen molar-refractivity contribution in [2.45, 2.75) is 87.9 Å². The minimum atomic E-state index is 0.222. The first-order chi connectivity index (χ1) is 14.2. The molecule has 7 heteroatoms. The van der Waals surface area contributed by atoms with Gasteiger partial charge in [-0.2, -0.15) is 0 Å². The van der Waals surface area contributed by atoms with Gasteiger partial charge in [0.1, 0.15) is 5.82 Å². The normalized spacial score (nSPS) is 18.8. The minimum absolute atomic E-state index is 0.222. The Kier molecular flexibility index (Phi) is 7.29. The summed E-state index contributed by atoms with van der Waals surface area (Å²) in [5.41, 5.74) is 0. The number of thiophene rings is 1. The van der Waals surface area contributed by atoms with Gasteiger partial charge in [-0.3, -0.25) is 4.79 Å². The molecule has 0 atom stereocenters. The van der Waals surface area contributed by atoms with E-state index in [1.165, 1.54) is 56.2 Å². The van der Waals surface area contributed by atoms with Crippen molar-refractivity contribution in [3.05, 3.63) is 28.2 Å². The number of nitrogens with zero attached hydrogens (tertiary/aromatic N) is 4.